The van der Waals surface area contributed by atoms with Crippen LogP contribution in [-0.4, -0.2) is 131 Å². The maximum absolute atomic E-state index is 13.0. The molecular weight excluding hydrogens is 771 g/mol. The van der Waals surface area contributed by atoms with Gasteiger partial charge in [0.1, 0.15) is 18.1 Å². The van der Waals surface area contributed by atoms with Gasteiger partial charge in [0.25, 0.3) is 11.8 Å². The van der Waals surface area contributed by atoms with E-state index in [-0.39, 0.29) is 13.0 Å². The fourth-order valence-electron chi connectivity index (χ4n) is 5.38. The lowest BCUT2D eigenvalue weighted by molar-refractivity contribution is -0.135. The van der Waals surface area contributed by atoms with Gasteiger partial charge in [-0.05, 0) is 61.9 Å². The number of aryl methyl sites for hydroxylation is 1. The van der Waals surface area contributed by atoms with Crippen LogP contribution in [0.1, 0.15) is 62.4 Å². The molecule has 0 aliphatic heterocycles. The molecule has 2 aromatic carbocycles. The standard InChI is InChI=1S/C37H57BN10O11/c1-4-5-6-22-7-9-23(10-8-22)24-11-13-25(14-12-24)33(53)44-26(15-16-49)34(54)46-28(39)18-42-19-30(52)47-31(20(2)50)36(56)48-32(41)37(57)45-27(17-29(40)51)35(55)43-21(3)38(58)59/h7-14,20-21,26-28,31-32,42,49-50,58-59H,4-6,15-19,39,41H2,1-3H3,(H2,40,51)(H,43,55)(H,44,53)(H,45,57)(H,46,54)(H,47,52)(H,48,56)/t20?,21-,26+,27-,28-,31-,32+/m0/s1. The highest BCUT2D eigenvalue weighted by molar-refractivity contribution is 6.43. The number of hydrogen-bond donors (Lipinski definition) is 14. The summed E-state index contributed by atoms with van der Waals surface area (Å²) < 4.78 is 0. The molecule has 7 atom stereocenters. The van der Waals surface area contributed by atoms with Crippen LogP contribution >= 0.6 is 0 Å². The topological polar surface area (TPSA) is 363 Å². The van der Waals surface area contributed by atoms with Gasteiger partial charge in [-0.3, -0.25) is 33.6 Å². The average Bonchev–Trinajstić information content (AvgIpc) is 3.18. The molecule has 324 valence electrons. The zero-order valence-electron chi connectivity index (χ0n) is 33.3. The minimum absolute atomic E-state index is 0.116. The molecule has 0 spiro atoms. The van der Waals surface area contributed by atoms with E-state index in [1.54, 1.807) is 24.3 Å². The van der Waals surface area contributed by atoms with Crippen molar-refractivity contribution in [1.29, 1.82) is 0 Å². The molecule has 0 bridgehead atoms. The summed E-state index contributed by atoms with van der Waals surface area (Å²) in [5.41, 5.74) is 20.3. The highest BCUT2D eigenvalue weighted by Gasteiger charge is 2.32. The van der Waals surface area contributed by atoms with Gasteiger partial charge < -0.3 is 74.7 Å². The summed E-state index contributed by atoms with van der Waals surface area (Å²) in [5, 5.41) is 54.5. The van der Waals surface area contributed by atoms with Crippen LogP contribution in [0, 0.1) is 0 Å². The minimum Gasteiger partial charge on any atom is -0.426 e. The largest absolute Gasteiger partial charge is 0.475 e. The van der Waals surface area contributed by atoms with Gasteiger partial charge in [0.05, 0.1) is 31.2 Å². The molecule has 2 aromatic rings. The summed E-state index contributed by atoms with van der Waals surface area (Å²) in [4.78, 5) is 88.1. The number of amides is 7. The number of primary amides is 1. The van der Waals surface area contributed by atoms with E-state index in [0.29, 0.717) is 5.56 Å². The summed E-state index contributed by atoms with van der Waals surface area (Å²) in [7, 11) is -1.96. The Labute approximate surface area is 342 Å². The zero-order chi connectivity index (χ0) is 44.2. The van der Waals surface area contributed by atoms with E-state index in [4.69, 9.17) is 17.2 Å². The molecule has 0 saturated carbocycles. The van der Waals surface area contributed by atoms with Gasteiger partial charge >= 0.3 is 7.12 Å². The number of carbonyl (C=O) groups is 7. The Bertz CT molecular complexity index is 1720. The van der Waals surface area contributed by atoms with Crippen molar-refractivity contribution in [2.75, 3.05) is 19.7 Å². The molecule has 0 heterocycles. The van der Waals surface area contributed by atoms with Gasteiger partial charge in [0.15, 0.2) is 6.17 Å². The van der Waals surface area contributed by atoms with Crippen LogP contribution in [0.4, 0.5) is 0 Å². The Morgan fingerprint density at radius 2 is 1.34 bits per heavy atom. The molecule has 22 heteroatoms. The third kappa shape index (κ3) is 17.5. The van der Waals surface area contributed by atoms with Gasteiger partial charge in [-0.15, -0.1) is 0 Å². The van der Waals surface area contributed by atoms with Gasteiger partial charge in [-0.25, -0.2) is 0 Å². The summed E-state index contributed by atoms with van der Waals surface area (Å²) in [6.45, 7) is 3.49. The van der Waals surface area contributed by atoms with Gasteiger partial charge in [0.2, 0.25) is 29.5 Å². The number of hydrogen-bond acceptors (Lipinski definition) is 14. The van der Waals surface area contributed by atoms with Crippen LogP contribution in [0.3, 0.4) is 0 Å². The molecule has 2 rings (SSSR count). The number of carbonyl (C=O) groups excluding carboxylic acids is 7. The normalized spacial score (nSPS) is 14.5. The second-order valence-corrected chi connectivity index (χ2v) is 13.9. The summed E-state index contributed by atoms with van der Waals surface area (Å²) in [5.74, 6) is -7.53. The molecule has 59 heavy (non-hydrogen) atoms. The van der Waals surface area contributed by atoms with Gasteiger partial charge in [-0.1, -0.05) is 49.7 Å². The van der Waals surface area contributed by atoms with E-state index in [1.807, 2.05) is 12.1 Å². The number of benzene rings is 2. The van der Waals surface area contributed by atoms with Crippen molar-refractivity contribution >= 4 is 48.5 Å². The second-order valence-electron chi connectivity index (χ2n) is 13.9. The molecule has 1 unspecified atom stereocenters. The maximum atomic E-state index is 13.0. The van der Waals surface area contributed by atoms with E-state index >= 15 is 0 Å². The van der Waals surface area contributed by atoms with Crippen LogP contribution < -0.4 is 54.4 Å². The fourth-order valence-corrected chi connectivity index (χ4v) is 5.38. The molecule has 0 aromatic heterocycles. The Balaban J connectivity index is 1.88. The van der Waals surface area contributed by atoms with Crippen molar-refractivity contribution in [1.82, 2.24) is 37.2 Å². The van der Waals surface area contributed by atoms with E-state index in [9.17, 15) is 53.8 Å². The smallest absolute Gasteiger partial charge is 0.426 e. The van der Waals surface area contributed by atoms with Crippen molar-refractivity contribution in [2.24, 2.45) is 17.2 Å². The Hall–Kier alpha value is -5.49. The number of unbranched alkanes of at least 4 members (excludes halogenated alkanes) is 1. The quantitative estimate of drug-likeness (QED) is 0.0331. The van der Waals surface area contributed by atoms with E-state index < -0.39 is 111 Å². The fraction of sp³-hybridized carbons (Fsp3) is 0.486. The van der Waals surface area contributed by atoms with E-state index in [1.165, 1.54) is 19.4 Å². The SMILES string of the molecule is CCCCc1ccc(-c2ccc(C(=O)N[C@H](CCO)C(=O)N[C@H](N)CNCC(=O)N[C@H](C(=O)N[C@@H](N)C(=O)N[C@@H](CC(N)=O)C(=O)N[C@@H](C)B(O)O)C(C)O)cc2)cc1. The van der Waals surface area contributed by atoms with Crippen molar-refractivity contribution in [3.05, 3.63) is 59.7 Å². The number of nitrogens with two attached hydrogens (primary N) is 3. The van der Waals surface area contributed by atoms with Crippen LogP contribution in [0.5, 0.6) is 0 Å². The Kier molecular flexibility index (Phi) is 21.1. The number of aliphatic hydroxyl groups excluding tert-OH is 2. The molecule has 0 aliphatic rings. The van der Waals surface area contributed by atoms with Crippen molar-refractivity contribution in [3.63, 3.8) is 0 Å². The van der Waals surface area contributed by atoms with Crippen LogP contribution in [0.25, 0.3) is 11.1 Å². The molecular formula is C37H57BN10O11. The number of rotatable bonds is 25. The van der Waals surface area contributed by atoms with E-state index in [0.717, 1.165) is 30.4 Å². The molecule has 0 aliphatic carbocycles. The molecule has 21 nitrogen and oxygen atoms in total. The summed E-state index contributed by atoms with van der Waals surface area (Å²) in [6, 6.07) is 10.7. The van der Waals surface area contributed by atoms with Gasteiger partial charge in [0, 0.05) is 18.7 Å². The Morgan fingerprint density at radius 1 is 0.746 bits per heavy atom. The monoisotopic (exact) mass is 828 g/mol. The maximum Gasteiger partial charge on any atom is 0.475 e. The average molecular weight is 829 g/mol. The highest BCUT2D eigenvalue weighted by Crippen LogP contribution is 2.21. The van der Waals surface area contributed by atoms with Crippen LogP contribution in [0.15, 0.2) is 48.5 Å². The van der Waals surface area contributed by atoms with Gasteiger partial charge in [-0.2, -0.15) is 0 Å². The van der Waals surface area contributed by atoms with E-state index in [2.05, 4.69) is 56.3 Å². The first kappa shape index (κ1) is 49.7. The number of aliphatic hydroxyl groups is 2. The third-order valence-electron chi connectivity index (χ3n) is 8.79. The first-order chi connectivity index (χ1) is 27.9. The zero-order valence-corrected chi connectivity index (χ0v) is 33.3. The molecule has 7 amide bonds. The summed E-state index contributed by atoms with van der Waals surface area (Å²) in [6.07, 6.45) is -2.03. The molecule has 0 saturated heterocycles. The third-order valence-corrected chi connectivity index (χ3v) is 8.79. The molecule has 17 N–H and O–H groups in total. The first-order valence-electron chi connectivity index (χ1n) is 19.0. The molecule has 0 fully saturated rings. The minimum atomic E-state index is -1.96. The second kappa shape index (κ2) is 25.1. The lowest BCUT2D eigenvalue weighted by atomic mass is 9.81. The Morgan fingerprint density at radius 3 is 1.88 bits per heavy atom. The number of nitrogens with one attached hydrogen (secondary N) is 7. The first-order valence-corrected chi connectivity index (χ1v) is 19.0. The van der Waals surface area contributed by atoms with Crippen molar-refractivity contribution < 1.29 is 53.8 Å². The molecule has 0 radical (unpaired) electrons. The summed E-state index contributed by atoms with van der Waals surface area (Å²) >= 11 is 0. The lowest BCUT2D eigenvalue weighted by Gasteiger charge is -2.25. The van der Waals surface area contributed by atoms with Crippen LogP contribution in [0.2, 0.25) is 0 Å². The lowest BCUT2D eigenvalue weighted by Crippen LogP contribution is -2.62. The van der Waals surface area contributed by atoms with Crippen molar-refractivity contribution in [2.45, 2.75) is 95.4 Å². The van der Waals surface area contributed by atoms with Crippen molar-refractivity contribution in [3.8, 4) is 11.1 Å². The van der Waals surface area contributed by atoms with Crippen LogP contribution in [-0.2, 0) is 35.2 Å². The highest BCUT2D eigenvalue weighted by atomic mass is 16.4. The predicted molar refractivity (Wildman–Crippen MR) is 216 cm³/mol. The predicted octanol–water partition coefficient (Wildman–Crippen LogP) is -4.69.